The number of hydrogen-bond donors (Lipinski definition) is 0. The molecule has 2 rings (SSSR count). The minimum absolute atomic E-state index is 0.0133. The number of halogens is 3. The van der Waals surface area contributed by atoms with Gasteiger partial charge in [0.25, 0.3) is 0 Å². The second-order valence-corrected chi connectivity index (χ2v) is 7.05. The predicted molar refractivity (Wildman–Crippen MR) is 89.9 cm³/mol. The van der Waals surface area contributed by atoms with Crippen molar-refractivity contribution in [1.29, 1.82) is 0 Å². The van der Waals surface area contributed by atoms with Crippen LogP contribution in [0, 0.1) is 11.7 Å². The van der Waals surface area contributed by atoms with Gasteiger partial charge in [-0.1, -0.05) is 66.2 Å². The van der Waals surface area contributed by atoms with E-state index in [-0.39, 0.29) is 10.6 Å². The van der Waals surface area contributed by atoms with Crippen LogP contribution in [0.3, 0.4) is 0 Å². The third-order valence-corrected chi connectivity index (χ3v) is 5.03. The molecule has 2 aromatic rings. The molecule has 0 saturated heterocycles. The lowest BCUT2D eigenvalue weighted by Crippen LogP contribution is -1.98. The first-order valence-electron chi connectivity index (χ1n) is 6.66. The normalized spacial score (nSPS) is 12.7. The monoisotopic (exact) mass is 398 g/mol. The van der Waals surface area contributed by atoms with E-state index in [9.17, 15) is 4.39 Å². The van der Waals surface area contributed by atoms with E-state index in [2.05, 4.69) is 70.0 Å². The molecule has 3 heteroatoms. The highest BCUT2D eigenvalue weighted by molar-refractivity contribution is 9.11. The van der Waals surface area contributed by atoms with E-state index < -0.39 is 0 Å². The van der Waals surface area contributed by atoms with Gasteiger partial charge in [-0.25, -0.2) is 4.39 Å². The van der Waals surface area contributed by atoms with Gasteiger partial charge in [0.05, 0.1) is 9.30 Å². The topological polar surface area (TPSA) is 0 Å². The van der Waals surface area contributed by atoms with Crippen molar-refractivity contribution in [3.63, 3.8) is 0 Å². The summed E-state index contributed by atoms with van der Waals surface area (Å²) in [5.41, 5.74) is 3.37. The molecule has 0 aromatic heterocycles. The van der Waals surface area contributed by atoms with E-state index in [4.69, 9.17) is 0 Å². The van der Waals surface area contributed by atoms with Crippen molar-refractivity contribution in [2.24, 2.45) is 5.92 Å². The Morgan fingerprint density at radius 3 is 2.30 bits per heavy atom. The zero-order valence-corrected chi connectivity index (χ0v) is 14.7. The lowest BCUT2D eigenvalue weighted by atomic mass is 9.99. The molecule has 0 spiro atoms. The first-order chi connectivity index (χ1) is 9.49. The summed E-state index contributed by atoms with van der Waals surface area (Å²) in [4.78, 5) is -0.0133. The van der Waals surface area contributed by atoms with E-state index in [0.29, 0.717) is 10.4 Å². The molecule has 0 aliphatic carbocycles. The molecule has 0 nitrogen and oxygen atoms in total. The maximum Gasteiger partial charge on any atom is 0.137 e. The zero-order valence-electron chi connectivity index (χ0n) is 11.5. The van der Waals surface area contributed by atoms with Crippen molar-refractivity contribution in [3.05, 3.63) is 69.4 Å². The van der Waals surface area contributed by atoms with Crippen LogP contribution in [0.15, 0.2) is 46.9 Å². The summed E-state index contributed by atoms with van der Waals surface area (Å²) in [6.45, 7) is 4.43. The van der Waals surface area contributed by atoms with Crippen LogP contribution < -0.4 is 0 Å². The van der Waals surface area contributed by atoms with Crippen LogP contribution in [0.4, 0.5) is 4.39 Å². The van der Waals surface area contributed by atoms with Crippen molar-refractivity contribution in [2.75, 3.05) is 0 Å². The van der Waals surface area contributed by atoms with E-state index in [1.54, 1.807) is 6.07 Å². The summed E-state index contributed by atoms with van der Waals surface area (Å²) in [6.07, 6.45) is 1.08. The fourth-order valence-electron chi connectivity index (χ4n) is 2.19. The average Bonchev–Trinajstić information content (AvgIpc) is 2.41. The third kappa shape index (κ3) is 3.70. The SMILES string of the molecule is CC(C)Cc1ccc(C(Br)c2cccc(F)c2Br)cc1. The molecular weight excluding hydrogens is 383 g/mol. The van der Waals surface area contributed by atoms with Crippen molar-refractivity contribution >= 4 is 31.9 Å². The number of hydrogen-bond acceptors (Lipinski definition) is 0. The van der Waals surface area contributed by atoms with Gasteiger partial charge < -0.3 is 0 Å². The minimum Gasteiger partial charge on any atom is -0.206 e. The van der Waals surface area contributed by atoms with Crippen LogP contribution in [0.1, 0.15) is 35.4 Å². The molecule has 0 fully saturated rings. The summed E-state index contributed by atoms with van der Waals surface area (Å²) in [5, 5.41) is 0. The Labute approximate surface area is 136 Å². The van der Waals surface area contributed by atoms with Crippen molar-refractivity contribution < 1.29 is 4.39 Å². The summed E-state index contributed by atoms with van der Waals surface area (Å²) in [7, 11) is 0. The van der Waals surface area contributed by atoms with Gasteiger partial charge in [0.2, 0.25) is 0 Å². The first kappa shape index (κ1) is 15.7. The fourth-order valence-corrected chi connectivity index (χ4v) is 3.68. The fraction of sp³-hybridized carbons (Fsp3) is 0.294. The van der Waals surface area contributed by atoms with Crippen LogP contribution in [0.5, 0.6) is 0 Å². The molecule has 0 amide bonds. The zero-order chi connectivity index (χ0) is 14.7. The lowest BCUT2D eigenvalue weighted by Gasteiger charge is -2.14. The molecule has 106 valence electrons. The molecule has 2 aromatic carbocycles. The Kier molecular flexibility index (Phi) is 5.39. The van der Waals surface area contributed by atoms with Gasteiger partial charge in [-0.05, 0) is 51.0 Å². The van der Waals surface area contributed by atoms with Crippen LogP contribution in [0.25, 0.3) is 0 Å². The van der Waals surface area contributed by atoms with Gasteiger partial charge in [-0.2, -0.15) is 0 Å². The predicted octanol–water partition coefficient (Wildman–Crippen LogP) is 6.27. The van der Waals surface area contributed by atoms with Gasteiger partial charge in [-0.3, -0.25) is 0 Å². The standard InChI is InChI=1S/C17H17Br2F/c1-11(2)10-12-6-8-13(9-7-12)16(18)14-4-3-5-15(20)17(14)19/h3-9,11,16H,10H2,1-2H3. The van der Waals surface area contributed by atoms with Gasteiger partial charge >= 0.3 is 0 Å². The number of rotatable bonds is 4. The summed E-state index contributed by atoms with van der Waals surface area (Å²) in [6, 6.07) is 13.6. The molecule has 0 saturated carbocycles. The van der Waals surface area contributed by atoms with Crippen LogP contribution in [0.2, 0.25) is 0 Å². The van der Waals surface area contributed by atoms with Crippen LogP contribution in [-0.4, -0.2) is 0 Å². The Morgan fingerprint density at radius 1 is 1.05 bits per heavy atom. The second kappa shape index (κ2) is 6.86. The highest BCUT2D eigenvalue weighted by atomic mass is 79.9. The third-order valence-electron chi connectivity index (χ3n) is 3.17. The average molecular weight is 400 g/mol. The molecule has 1 atom stereocenters. The molecule has 0 bridgehead atoms. The molecule has 0 radical (unpaired) electrons. The van der Waals surface area contributed by atoms with Gasteiger partial charge in [0.15, 0.2) is 0 Å². The molecular formula is C17H17Br2F. The Morgan fingerprint density at radius 2 is 1.70 bits per heavy atom. The van der Waals surface area contributed by atoms with Crippen molar-refractivity contribution in [1.82, 2.24) is 0 Å². The highest BCUT2D eigenvalue weighted by Crippen LogP contribution is 2.36. The minimum atomic E-state index is -0.233. The van der Waals surface area contributed by atoms with Gasteiger partial charge in [-0.15, -0.1) is 0 Å². The highest BCUT2D eigenvalue weighted by Gasteiger charge is 2.15. The van der Waals surface area contributed by atoms with E-state index in [1.165, 1.54) is 11.6 Å². The second-order valence-electron chi connectivity index (χ2n) is 5.35. The molecule has 0 aliphatic rings. The van der Waals surface area contributed by atoms with Crippen molar-refractivity contribution in [2.45, 2.75) is 25.1 Å². The van der Waals surface area contributed by atoms with Gasteiger partial charge in [0.1, 0.15) is 5.82 Å². The Bertz CT molecular complexity index is 576. The van der Waals surface area contributed by atoms with E-state index in [1.807, 2.05) is 6.07 Å². The first-order valence-corrected chi connectivity index (χ1v) is 8.36. The molecule has 0 aliphatic heterocycles. The maximum atomic E-state index is 13.6. The van der Waals surface area contributed by atoms with E-state index >= 15 is 0 Å². The number of benzene rings is 2. The molecule has 0 heterocycles. The summed E-state index contributed by atoms with van der Waals surface area (Å²) in [5.74, 6) is 0.418. The summed E-state index contributed by atoms with van der Waals surface area (Å²) < 4.78 is 14.1. The van der Waals surface area contributed by atoms with E-state index in [0.717, 1.165) is 17.5 Å². The number of alkyl halides is 1. The molecule has 0 N–H and O–H groups in total. The smallest absolute Gasteiger partial charge is 0.137 e. The quantitative estimate of drug-likeness (QED) is 0.531. The van der Waals surface area contributed by atoms with Gasteiger partial charge in [0, 0.05) is 0 Å². The lowest BCUT2D eigenvalue weighted by molar-refractivity contribution is 0.618. The van der Waals surface area contributed by atoms with Crippen molar-refractivity contribution in [3.8, 4) is 0 Å². The maximum absolute atomic E-state index is 13.6. The summed E-state index contributed by atoms with van der Waals surface area (Å²) >= 11 is 6.98. The Balaban J connectivity index is 2.25. The molecule has 1 unspecified atom stereocenters. The largest absolute Gasteiger partial charge is 0.206 e. The van der Waals surface area contributed by atoms with Crippen LogP contribution in [-0.2, 0) is 6.42 Å². The molecule has 20 heavy (non-hydrogen) atoms. The van der Waals surface area contributed by atoms with Crippen LogP contribution >= 0.6 is 31.9 Å². The Hall–Kier alpha value is -0.670.